The number of hydrogen-bond acceptors (Lipinski definition) is 4. The van der Waals surface area contributed by atoms with E-state index in [4.69, 9.17) is 11.6 Å². The Balaban J connectivity index is 2.24. The molecule has 0 radical (unpaired) electrons. The van der Waals surface area contributed by atoms with Crippen LogP contribution >= 0.6 is 22.9 Å². The number of nitro groups is 1. The second-order valence-corrected chi connectivity index (χ2v) is 5.11. The molecule has 2 aromatic rings. The number of para-hydroxylation sites is 1. The number of rotatable bonds is 3. The van der Waals surface area contributed by atoms with Gasteiger partial charge in [0.2, 0.25) is 0 Å². The van der Waals surface area contributed by atoms with E-state index in [9.17, 15) is 19.3 Å². The summed E-state index contributed by atoms with van der Waals surface area (Å²) in [6, 6.07) is 6.68. The molecule has 5 nitrogen and oxygen atoms in total. The van der Waals surface area contributed by atoms with Crippen LogP contribution in [-0.4, -0.2) is 10.8 Å². The van der Waals surface area contributed by atoms with Crippen molar-refractivity contribution in [1.82, 2.24) is 0 Å². The van der Waals surface area contributed by atoms with Crippen LogP contribution < -0.4 is 5.32 Å². The quantitative estimate of drug-likeness (QED) is 0.694. The number of halogens is 2. The Hall–Kier alpha value is -1.99. The summed E-state index contributed by atoms with van der Waals surface area (Å²) >= 11 is 6.41. The van der Waals surface area contributed by atoms with E-state index >= 15 is 0 Å². The molecule has 1 N–H and O–H groups in total. The minimum Gasteiger partial charge on any atom is -0.319 e. The zero-order valence-electron chi connectivity index (χ0n) is 9.22. The van der Waals surface area contributed by atoms with Crippen LogP contribution in [0.4, 0.5) is 15.8 Å². The molecule has 0 unspecified atom stereocenters. The van der Waals surface area contributed by atoms with Crippen molar-refractivity contribution in [1.29, 1.82) is 0 Å². The lowest BCUT2D eigenvalue weighted by Crippen LogP contribution is -2.11. The van der Waals surface area contributed by atoms with E-state index in [0.717, 1.165) is 17.4 Å². The van der Waals surface area contributed by atoms with E-state index in [2.05, 4.69) is 5.32 Å². The molecule has 0 aliphatic heterocycles. The SMILES string of the molecule is O=C(Nc1ccccc1F)c1cc([N+](=O)[O-])c(Cl)s1. The van der Waals surface area contributed by atoms with E-state index in [1.807, 2.05) is 0 Å². The zero-order valence-corrected chi connectivity index (χ0v) is 10.8. The molecule has 0 fully saturated rings. The highest BCUT2D eigenvalue weighted by molar-refractivity contribution is 7.18. The van der Waals surface area contributed by atoms with Crippen molar-refractivity contribution >= 4 is 40.2 Å². The molecular formula is C11H6ClFN2O3S. The van der Waals surface area contributed by atoms with Gasteiger partial charge in [0.1, 0.15) is 10.7 Å². The Bertz CT molecular complexity index is 659. The number of nitrogens with one attached hydrogen (secondary N) is 1. The molecule has 1 aromatic carbocycles. The molecule has 19 heavy (non-hydrogen) atoms. The number of benzene rings is 1. The molecule has 98 valence electrons. The largest absolute Gasteiger partial charge is 0.319 e. The number of carbonyl (C=O) groups is 1. The van der Waals surface area contributed by atoms with Gasteiger partial charge in [-0.3, -0.25) is 14.9 Å². The molecule has 1 aromatic heterocycles. The van der Waals surface area contributed by atoms with Crippen LogP contribution in [0.15, 0.2) is 30.3 Å². The predicted octanol–water partition coefficient (Wildman–Crippen LogP) is 3.70. The summed E-state index contributed by atoms with van der Waals surface area (Å²) in [6.07, 6.45) is 0. The fourth-order valence-electron chi connectivity index (χ4n) is 1.34. The summed E-state index contributed by atoms with van der Waals surface area (Å²) < 4.78 is 13.2. The maximum atomic E-state index is 13.3. The average Bonchev–Trinajstić information content (AvgIpc) is 2.74. The highest BCUT2D eigenvalue weighted by atomic mass is 35.5. The van der Waals surface area contributed by atoms with Crippen LogP contribution in [-0.2, 0) is 0 Å². The number of thiophene rings is 1. The minimum absolute atomic E-state index is 0.000300. The zero-order chi connectivity index (χ0) is 14.0. The maximum absolute atomic E-state index is 13.3. The van der Waals surface area contributed by atoms with Gasteiger partial charge in [-0.2, -0.15) is 0 Å². The monoisotopic (exact) mass is 300 g/mol. The second-order valence-electron chi connectivity index (χ2n) is 3.46. The third kappa shape index (κ3) is 2.88. The Morgan fingerprint density at radius 3 is 2.68 bits per heavy atom. The summed E-state index contributed by atoms with van der Waals surface area (Å²) in [5, 5.41) is 12.9. The average molecular weight is 301 g/mol. The first-order valence-electron chi connectivity index (χ1n) is 4.98. The molecular weight excluding hydrogens is 295 g/mol. The maximum Gasteiger partial charge on any atom is 0.299 e. The minimum atomic E-state index is -0.682. The summed E-state index contributed by atoms with van der Waals surface area (Å²) in [5.41, 5.74) is -0.343. The lowest BCUT2D eigenvalue weighted by Gasteiger charge is -2.03. The predicted molar refractivity (Wildman–Crippen MR) is 70.3 cm³/mol. The van der Waals surface area contributed by atoms with E-state index in [1.165, 1.54) is 18.2 Å². The summed E-state index contributed by atoms with van der Waals surface area (Å²) in [4.78, 5) is 21.8. The smallest absolute Gasteiger partial charge is 0.299 e. The van der Waals surface area contributed by atoms with Gasteiger partial charge in [0.05, 0.1) is 10.6 Å². The van der Waals surface area contributed by atoms with Crippen molar-refractivity contribution < 1.29 is 14.1 Å². The van der Waals surface area contributed by atoms with E-state index < -0.39 is 16.6 Å². The third-order valence-electron chi connectivity index (χ3n) is 2.21. The highest BCUT2D eigenvalue weighted by Gasteiger charge is 2.21. The number of nitrogens with zero attached hydrogens (tertiary/aromatic N) is 1. The van der Waals surface area contributed by atoms with Gasteiger partial charge in [0.25, 0.3) is 11.6 Å². The van der Waals surface area contributed by atoms with Gasteiger partial charge in [-0.25, -0.2) is 4.39 Å². The number of amides is 1. The van der Waals surface area contributed by atoms with Crippen LogP contribution in [0, 0.1) is 15.9 Å². The summed E-state index contributed by atoms with van der Waals surface area (Å²) in [7, 11) is 0. The fourth-order valence-corrected chi connectivity index (χ4v) is 2.46. The van der Waals surface area contributed by atoms with Crippen LogP contribution in [0.25, 0.3) is 0 Å². The molecule has 1 heterocycles. The first-order chi connectivity index (χ1) is 8.99. The van der Waals surface area contributed by atoms with Gasteiger partial charge in [0, 0.05) is 6.07 Å². The topological polar surface area (TPSA) is 72.2 Å². The lowest BCUT2D eigenvalue weighted by atomic mass is 10.3. The van der Waals surface area contributed by atoms with Crippen molar-refractivity contribution in [3.05, 3.63) is 55.5 Å². The molecule has 0 saturated carbocycles. The Kier molecular flexibility index (Phi) is 3.77. The van der Waals surface area contributed by atoms with Crippen molar-refractivity contribution in [3.8, 4) is 0 Å². The van der Waals surface area contributed by atoms with E-state index in [-0.39, 0.29) is 20.6 Å². The molecule has 2 rings (SSSR count). The number of anilines is 1. The second kappa shape index (κ2) is 5.33. The van der Waals surface area contributed by atoms with Crippen molar-refractivity contribution in [3.63, 3.8) is 0 Å². The van der Waals surface area contributed by atoms with Crippen molar-refractivity contribution in [2.24, 2.45) is 0 Å². The number of carbonyl (C=O) groups excluding carboxylic acids is 1. The molecule has 0 aliphatic rings. The first-order valence-corrected chi connectivity index (χ1v) is 6.18. The van der Waals surface area contributed by atoms with Crippen LogP contribution in [0.1, 0.15) is 9.67 Å². The Labute approximate surface area is 115 Å². The van der Waals surface area contributed by atoms with Gasteiger partial charge in [-0.1, -0.05) is 23.7 Å². The van der Waals surface area contributed by atoms with Gasteiger partial charge in [-0.05, 0) is 12.1 Å². The van der Waals surface area contributed by atoms with Gasteiger partial charge in [-0.15, -0.1) is 11.3 Å². The summed E-state index contributed by atoms with van der Waals surface area (Å²) in [6.45, 7) is 0. The molecule has 0 spiro atoms. The fraction of sp³-hybridized carbons (Fsp3) is 0. The molecule has 8 heteroatoms. The van der Waals surface area contributed by atoms with Crippen molar-refractivity contribution in [2.45, 2.75) is 0 Å². The number of hydrogen-bond donors (Lipinski definition) is 1. The van der Waals surface area contributed by atoms with Gasteiger partial charge < -0.3 is 5.32 Å². The first kappa shape index (κ1) is 13.4. The molecule has 0 bridgehead atoms. The molecule has 0 atom stereocenters. The summed E-state index contributed by atoms with van der Waals surface area (Å²) in [5.74, 6) is -1.24. The normalized spacial score (nSPS) is 10.2. The van der Waals surface area contributed by atoms with Crippen LogP contribution in [0.5, 0.6) is 0 Å². The van der Waals surface area contributed by atoms with E-state index in [0.29, 0.717) is 0 Å². The Morgan fingerprint density at radius 1 is 1.42 bits per heavy atom. The lowest BCUT2D eigenvalue weighted by molar-refractivity contribution is -0.384. The molecule has 1 amide bonds. The van der Waals surface area contributed by atoms with Gasteiger partial charge in [0.15, 0.2) is 4.34 Å². The third-order valence-corrected chi connectivity index (χ3v) is 3.55. The highest BCUT2D eigenvalue weighted by Crippen LogP contribution is 2.34. The van der Waals surface area contributed by atoms with Crippen molar-refractivity contribution in [2.75, 3.05) is 5.32 Å². The molecule has 0 saturated heterocycles. The van der Waals surface area contributed by atoms with E-state index in [1.54, 1.807) is 6.07 Å². The van der Waals surface area contributed by atoms with Crippen LogP contribution in [0.2, 0.25) is 4.34 Å². The van der Waals surface area contributed by atoms with Crippen LogP contribution in [0.3, 0.4) is 0 Å². The Morgan fingerprint density at radius 2 is 2.11 bits per heavy atom. The molecule has 0 aliphatic carbocycles. The van der Waals surface area contributed by atoms with Gasteiger partial charge >= 0.3 is 0 Å². The standard InChI is InChI=1S/C11H6ClFN2O3S/c12-10-8(15(17)18)5-9(19-10)11(16)14-7-4-2-1-3-6(7)13/h1-5H,(H,14,16).